The van der Waals surface area contributed by atoms with Crippen molar-refractivity contribution in [3.63, 3.8) is 0 Å². The number of amides is 1. The van der Waals surface area contributed by atoms with E-state index in [0.29, 0.717) is 13.0 Å². The molecule has 3 aromatic rings. The molecule has 0 atom stereocenters. The second-order valence-electron chi connectivity index (χ2n) is 6.18. The SMILES string of the molecule is Cc1ccc(CCCC(=O)Nc2ccc(Cn3cncn3)cc2)cc1. The number of rotatable bonds is 7. The molecule has 5 heteroatoms. The molecule has 0 aliphatic carbocycles. The van der Waals surface area contributed by atoms with Gasteiger partial charge in [0.1, 0.15) is 12.7 Å². The fourth-order valence-electron chi connectivity index (χ4n) is 2.63. The van der Waals surface area contributed by atoms with E-state index < -0.39 is 0 Å². The average Bonchev–Trinajstić information content (AvgIpc) is 3.11. The van der Waals surface area contributed by atoms with Crippen molar-refractivity contribution in [2.45, 2.75) is 32.7 Å². The van der Waals surface area contributed by atoms with Crippen LogP contribution in [0.5, 0.6) is 0 Å². The van der Waals surface area contributed by atoms with Crippen LogP contribution in [0.2, 0.25) is 0 Å². The third-order valence-corrected chi connectivity index (χ3v) is 4.04. The molecule has 0 fully saturated rings. The normalized spacial score (nSPS) is 10.6. The van der Waals surface area contributed by atoms with Crippen LogP contribution < -0.4 is 5.32 Å². The molecular formula is C20H22N4O. The Balaban J connectivity index is 1.43. The van der Waals surface area contributed by atoms with Gasteiger partial charge in [0, 0.05) is 12.1 Å². The predicted molar refractivity (Wildman–Crippen MR) is 98.3 cm³/mol. The zero-order chi connectivity index (χ0) is 17.5. The Labute approximate surface area is 147 Å². The van der Waals surface area contributed by atoms with Gasteiger partial charge in [0.15, 0.2) is 0 Å². The van der Waals surface area contributed by atoms with Crippen molar-refractivity contribution in [3.8, 4) is 0 Å². The molecule has 0 saturated heterocycles. The number of anilines is 1. The second-order valence-corrected chi connectivity index (χ2v) is 6.18. The smallest absolute Gasteiger partial charge is 0.224 e. The van der Waals surface area contributed by atoms with E-state index in [0.717, 1.165) is 24.1 Å². The lowest BCUT2D eigenvalue weighted by atomic mass is 10.1. The van der Waals surface area contributed by atoms with Crippen molar-refractivity contribution in [3.05, 3.63) is 77.9 Å². The van der Waals surface area contributed by atoms with Gasteiger partial charge in [-0.1, -0.05) is 42.0 Å². The van der Waals surface area contributed by atoms with Gasteiger partial charge < -0.3 is 5.32 Å². The molecule has 1 heterocycles. The molecule has 1 aromatic heterocycles. The largest absolute Gasteiger partial charge is 0.326 e. The minimum absolute atomic E-state index is 0.0520. The lowest BCUT2D eigenvalue weighted by Gasteiger charge is -2.07. The lowest BCUT2D eigenvalue weighted by molar-refractivity contribution is -0.116. The summed E-state index contributed by atoms with van der Waals surface area (Å²) >= 11 is 0. The van der Waals surface area contributed by atoms with E-state index in [1.54, 1.807) is 11.0 Å². The standard InChI is InChI=1S/C20H22N4O/c1-16-5-7-17(8-6-16)3-2-4-20(25)23-19-11-9-18(10-12-19)13-24-15-21-14-22-24/h5-12,14-15H,2-4,13H2,1H3,(H,23,25). The Morgan fingerprint density at radius 3 is 2.44 bits per heavy atom. The monoisotopic (exact) mass is 334 g/mol. The van der Waals surface area contributed by atoms with Crippen molar-refractivity contribution < 1.29 is 4.79 Å². The van der Waals surface area contributed by atoms with Crippen LogP contribution >= 0.6 is 0 Å². The number of hydrogen-bond donors (Lipinski definition) is 1. The maximum atomic E-state index is 12.1. The zero-order valence-corrected chi connectivity index (χ0v) is 14.4. The number of carbonyl (C=O) groups excluding carboxylic acids is 1. The fourth-order valence-corrected chi connectivity index (χ4v) is 2.63. The van der Waals surface area contributed by atoms with Gasteiger partial charge in [0.25, 0.3) is 0 Å². The van der Waals surface area contributed by atoms with Gasteiger partial charge in [-0.2, -0.15) is 5.10 Å². The lowest BCUT2D eigenvalue weighted by Crippen LogP contribution is -2.11. The topological polar surface area (TPSA) is 59.8 Å². The first kappa shape index (κ1) is 16.9. The van der Waals surface area contributed by atoms with Gasteiger partial charge in [-0.05, 0) is 43.0 Å². The summed E-state index contributed by atoms with van der Waals surface area (Å²) in [4.78, 5) is 16.0. The summed E-state index contributed by atoms with van der Waals surface area (Å²) in [5.41, 5.74) is 4.47. The highest BCUT2D eigenvalue weighted by atomic mass is 16.1. The Bertz CT molecular complexity index is 793. The molecule has 0 aliphatic heterocycles. The van der Waals surface area contributed by atoms with Gasteiger partial charge in [0.2, 0.25) is 5.91 Å². The van der Waals surface area contributed by atoms with Gasteiger partial charge in [0.05, 0.1) is 6.54 Å². The van der Waals surface area contributed by atoms with E-state index in [1.165, 1.54) is 17.5 Å². The van der Waals surface area contributed by atoms with Crippen LogP contribution in [0.4, 0.5) is 5.69 Å². The Morgan fingerprint density at radius 1 is 1.04 bits per heavy atom. The highest BCUT2D eigenvalue weighted by Gasteiger charge is 2.03. The van der Waals surface area contributed by atoms with Gasteiger partial charge in [-0.3, -0.25) is 4.79 Å². The molecule has 5 nitrogen and oxygen atoms in total. The zero-order valence-electron chi connectivity index (χ0n) is 14.4. The first-order valence-corrected chi connectivity index (χ1v) is 8.46. The summed E-state index contributed by atoms with van der Waals surface area (Å²) in [6.45, 7) is 2.75. The van der Waals surface area contributed by atoms with Crippen molar-refractivity contribution in [2.75, 3.05) is 5.32 Å². The Kier molecular flexibility index (Phi) is 5.57. The maximum absolute atomic E-state index is 12.1. The summed E-state index contributed by atoms with van der Waals surface area (Å²) < 4.78 is 1.76. The van der Waals surface area contributed by atoms with Gasteiger partial charge in [-0.15, -0.1) is 0 Å². The van der Waals surface area contributed by atoms with Crippen molar-refractivity contribution in [1.29, 1.82) is 0 Å². The van der Waals surface area contributed by atoms with Crippen LogP contribution in [0, 0.1) is 6.92 Å². The van der Waals surface area contributed by atoms with Crippen LogP contribution in [0.3, 0.4) is 0 Å². The average molecular weight is 334 g/mol. The number of nitrogens with one attached hydrogen (secondary N) is 1. The molecule has 0 saturated carbocycles. The maximum Gasteiger partial charge on any atom is 0.224 e. The van der Waals surface area contributed by atoms with E-state index >= 15 is 0 Å². The van der Waals surface area contributed by atoms with Crippen molar-refractivity contribution >= 4 is 11.6 Å². The molecule has 1 amide bonds. The molecule has 0 aliphatic rings. The highest BCUT2D eigenvalue weighted by Crippen LogP contribution is 2.12. The minimum atomic E-state index is 0.0520. The van der Waals surface area contributed by atoms with Crippen LogP contribution in [0.25, 0.3) is 0 Å². The van der Waals surface area contributed by atoms with Crippen molar-refractivity contribution in [1.82, 2.24) is 14.8 Å². The number of aromatic nitrogens is 3. The van der Waals surface area contributed by atoms with Crippen molar-refractivity contribution in [2.24, 2.45) is 0 Å². The third-order valence-electron chi connectivity index (χ3n) is 4.04. The quantitative estimate of drug-likeness (QED) is 0.718. The predicted octanol–water partition coefficient (Wildman–Crippen LogP) is 3.60. The van der Waals surface area contributed by atoms with Crippen LogP contribution in [0.1, 0.15) is 29.5 Å². The molecule has 0 bridgehead atoms. The first-order valence-electron chi connectivity index (χ1n) is 8.46. The number of nitrogens with zero attached hydrogens (tertiary/aromatic N) is 3. The summed E-state index contributed by atoms with van der Waals surface area (Å²) in [7, 11) is 0. The van der Waals surface area contributed by atoms with Crippen LogP contribution in [-0.2, 0) is 17.8 Å². The molecular weight excluding hydrogens is 312 g/mol. The Morgan fingerprint density at radius 2 is 1.76 bits per heavy atom. The molecule has 128 valence electrons. The second kappa shape index (κ2) is 8.24. The highest BCUT2D eigenvalue weighted by molar-refractivity contribution is 5.90. The molecule has 25 heavy (non-hydrogen) atoms. The summed E-state index contributed by atoms with van der Waals surface area (Å²) in [6.07, 6.45) is 5.49. The van der Waals surface area contributed by atoms with Crippen LogP contribution in [0.15, 0.2) is 61.2 Å². The van der Waals surface area contributed by atoms with E-state index in [4.69, 9.17) is 0 Å². The number of benzene rings is 2. The number of hydrogen-bond acceptors (Lipinski definition) is 3. The Hall–Kier alpha value is -2.95. The summed E-state index contributed by atoms with van der Waals surface area (Å²) in [6, 6.07) is 16.3. The molecule has 0 unspecified atom stereocenters. The molecule has 2 aromatic carbocycles. The van der Waals surface area contributed by atoms with E-state index in [9.17, 15) is 4.79 Å². The summed E-state index contributed by atoms with van der Waals surface area (Å²) in [5.74, 6) is 0.0520. The van der Waals surface area contributed by atoms with E-state index in [2.05, 4.69) is 46.6 Å². The first-order chi connectivity index (χ1) is 12.2. The fraction of sp³-hybridized carbons (Fsp3) is 0.250. The minimum Gasteiger partial charge on any atom is -0.326 e. The van der Waals surface area contributed by atoms with Gasteiger partial charge in [-0.25, -0.2) is 9.67 Å². The number of carbonyl (C=O) groups is 1. The third kappa shape index (κ3) is 5.28. The van der Waals surface area contributed by atoms with Crippen LogP contribution in [-0.4, -0.2) is 20.7 Å². The molecule has 3 rings (SSSR count). The summed E-state index contributed by atoms with van der Waals surface area (Å²) in [5, 5.41) is 7.03. The number of aryl methyl sites for hydroxylation is 2. The molecule has 0 radical (unpaired) electrons. The van der Waals surface area contributed by atoms with Gasteiger partial charge >= 0.3 is 0 Å². The molecule has 0 spiro atoms. The molecule has 1 N–H and O–H groups in total. The van der Waals surface area contributed by atoms with E-state index in [-0.39, 0.29) is 5.91 Å². The van der Waals surface area contributed by atoms with E-state index in [1.807, 2.05) is 24.3 Å².